The van der Waals surface area contributed by atoms with Gasteiger partial charge in [-0.3, -0.25) is 9.78 Å². The van der Waals surface area contributed by atoms with Crippen LogP contribution >= 0.6 is 11.3 Å². The highest BCUT2D eigenvalue weighted by molar-refractivity contribution is 7.13. The Morgan fingerprint density at radius 1 is 1.07 bits per heavy atom. The quantitative estimate of drug-likeness (QED) is 0.423. The fraction of sp³-hybridized carbons (Fsp3) is 0.0476. The number of aromatic nitrogens is 2. The van der Waals surface area contributed by atoms with Crippen molar-refractivity contribution in [1.29, 1.82) is 0 Å². The van der Waals surface area contributed by atoms with Crippen LogP contribution in [-0.4, -0.2) is 21.6 Å². The van der Waals surface area contributed by atoms with Crippen molar-refractivity contribution in [2.24, 2.45) is 5.10 Å². The van der Waals surface area contributed by atoms with Crippen molar-refractivity contribution >= 4 is 33.9 Å². The van der Waals surface area contributed by atoms with Crippen LogP contribution in [0.25, 0.3) is 21.5 Å². The molecule has 3 heterocycles. The van der Waals surface area contributed by atoms with Gasteiger partial charge in [-0.2, -0.15) is 5.10 Å². The Hall–Kier alpha value is -3.38. The van der Waals surface area contributed by atoms with Gasteiger partial charge < -0.3 is 0 Å². The molecule has 132 valence electrons. The molecule has 0 bridgehead atoms. The number of hydrogen-bond acceptors (Lipinski definition) is 5. The molecular formula is C21H16N4OS. The molecule has 4 aromatic rings. The summed E-state index contributed by atoms with van der Waals surface area (Å²) in [5, 5.41) is 6.99. The minimum absolute atomic E-state index is 0.276. The van der Waals surface area contributed by atoms with Crippen LogP contribution in [-0.2, 0) is 0 Å². The van der Waals surface area contributed by atoms with Crippen LogP contribution in [0, 0.1) is 0 Å². The summed E-state index contributed by atoms with van der Waals surface area (Å²) < 4.78 is 0. The van der Waals surface area contributed by atoms with E-state index in [0.717, 1.165) is 27.2 Å². The molecule has 0 unspecified atom stereocenters. The third-order valence-electron chi connectivity index (χ3n) is 4.10. The molecule has 27 heavy (non-hydrogen) atoms. The molecular weight excluding hydrogens is 356 g/mol. The first-order valence-electron chi connectivity index (χ1n) is 8.42. The van der Waals surface area contributed by atoms with E-state index in [1.807, 2.05) is 73.0 Å². The predicted octanol–water partition coefficient (Wildman–Crippen LogP) is 4.51. The number of nitrogens with one attached hydrogen (secondary N) is 1. The number of thiophene rings is 1. The summed E-state index contributed by atoms with van der Waals surface area (Å²) in [4.78, 5) is 22.8. The largest absolute Gasteiger partial charge is 0.272 e. The lowest BCUT2D eigenvalue weighted by molar-refractivity contribution is 0.0956. The van der Waals surface area contributed by atoms with Gasteiger partial charge in [-0.1, -0.05) is 30.3 Å². The summed E-state index contributed by atoms with van der Waals surface area (Å²) in [7, 11) is 0. The van der Waals surface area contributed by atoms with Crippen LogP contribution < -0.4 is 5.43 Å². The monoisotopic (exact) mass is 372 g/mol. The minimum atomic E-state index is -0.276. The van der Waals surface area contributed by atoms with Crippen LogP contribution in [0.2, 0.25) is 0 Å². The molecule has 0 spiro atoms. The lowest BCUT2D eigenvalue weighted by Gasteiger charge is -2.08. The standard InChI is InChI=1S/C21H16N4OS/c1-14(17-8-4-5-11-22-17)24-25-21(26)16-13-19(20-10-6-12-27-20)23-18-9-3-2-7-15(16)18/h2-13H,1H3,(H,25,26)/b24-14+. The summed E-state index contributed by atoms with van der Waals surface area (Å²) in [6, 6.07) is 19.0. The second-order valence-corrected chi connectivity index (χ2v) is 6.85. The molecule has 0 fully saturated rings. The molecule has 1 amide bonds. The molecule has 0 atom stereocenters. The zero-order valence-electron chi connectivity index (χ0n) is 14.6. The average molecular weight is 372 g/mol. The van der Waals surface area contributed by atoms with Crippen molar-refractivity contribution in [3.63, 3.8) is 0 Å². The van der Waals surface area contributed by atoms with Gasteiger partial charge in [0.05, 0.1) is 33.1 Å². The summed E-state index contributed by atoms with van der Waals surface area (Å²) in [6.45, 7) is 1.81. The summed E-state index contributed by atoms with van der Waals surface area (Å²) in [5.41, 5.74) is 6.10. The Balaban J connectivity index is 1.71. The van der Waals surface area contributed by atoms with Gasteiger partial charge in [-0.05, 0) is 42.6 Å². The van der Waals surface area contributed by atoms with Gasteiger partial charge in [0.25, 0.3) is 5.91 Å². The van der Waals surface area contributed by atoms with Crippen LogP contribution in [0.4, 0.5) is 0 Å². The highest BCUT2D eigenvalue weighted by atomic mass is 32.1. The van der Waals surface area contributed by atoms with Gasteiger partial charge in [-0.15, -0.1) is 11.3 Å². The first kappa shape index (κ1) is 17.1. The summed E-state index contributed by atoms with van der Waals surface area (Å²) >= 11 is 1.59. The Bertz CT molecular complexity index is 1120. The average Bonchev–Trinajstić information content (AvgIpc) is 3.26. The SMILES string of the molecule is C/C(=N\NC(=O)c1cc(-c2cccs2)nc2ccccc12)c1ccccn1. The fourth-order valence-electron chi connectivity index (χ4n) is 2.74. The van der Waals surface area contributed by atoms with Crippen molar-refractivity contribution in [2.45, 2.75) is 6.92 Å². The second kappa shape index (κ2) is 7.47. The van der Waals surface area contributed by atoms with Gasteiger partial charge in [-0.25, -0.2) is 10.4 Å². The number of rotatable bonds is 4. The Kier molecular flexibility index (Phi) is 4.72. The zero-order valence-corrected chi connectivity index (χ0v) is 15.4. The van der Waals surface area contributed by atoms with Crippen molar-refractivity contribution in [3.05, 3.63) is 83.5 Å². The van der Waals surface area contributed by atoms with Crippen molar-refractivity contribution in [1.82, 2.24) is 15.4 Å². The Morgan fingerprint density at radius 3 is 2.70 bits per heavy atom. The maximum atomic E-state index is 12.9. The fourth-order valence-corrected chi connectivity index (χ4v) is 3.43. The van der Waals surface area contributed by atoms with Crippen molar-refractivity contribution < 1.29 is 4.79 Å². The summed E-state index contributed by atoms with van der Waals surface area (Å²) in [6.07, 6.45) is 1.69. The van der Waals surface area contributed by atoms with Gasteiger partial charge in [0, 0.05) is 11.6 Å². The normalized spacial score (nSPS) is 11.5. The third-order valence-corrected chi connectivity index (χ3v) is 4.99. The van der Waals surface area contributed by atoms with Gasteiger partial charge in [0.2, 0.25) is 0 Å². The smallest absolute Gasteiger partial charge is 0.267 e. The van der Waals surface area contributed by atoms with Crippen molar-refractivity contribution in [3.8, 4) is 10.6 Å². The van der Waals surface area contributed by atoms with Crippen LogP contribution in [0.15, 0.2) is 77.3 Å². The molecule has 5 nitrogen and oxygen atoms in total. The van der Waals surface area contributed by atoms with Gasteiger partial charge >= 0.3 is 0 Å². The lowest BCUT2D eigenvalue weighted by Crippen LogP contribution is -2.20. The highest BCUT2D eigenvalue weighted by Crippen LogP contribution is 2.27. The van der Waals surface area contributed by atoms with Crippen molar-refractivity contribution in [2.75, 3.05) is 0 Å². The summed E-state index contributed by atoms with van der Waals surface area (Å²) in [5.74, 6) is -0.276. The molecule has 4 rings (SSSR count). The minimum Gasteiger partial charge on any atom is -0.267 e. The Labute approximate surface area is 160 Å². The van der Waals surface area contributed by atoms with Gasteiger partial charge in [0.15, 0.2) is 0 Å². The molecule has 0 saturated carbocycles. The molecule has 0 aliphatic heterocycles. The van der Waals surface area contributed by atoms with E-state index in [2.05, 4.69) is 20.5 Å². The topological polar surface area (TPSA) is 67.2 Å². The molecule has 0 aliphatic carbocycles. The maximum absolute atomic E-state index is 12.9. The number of amides is 1. The van der Waals surface area contributed by atoms with Crippen LogP contribution in [0.5, 0.6) is 0 Å². The first-order chi connectivity index (χ1) is 13.2. The molecule has 0 aliphatic rings. The number of pyridine rings is 2. The molecule has 0 saturated heterocycles. The number of carbonyl (C=O) groups excluding carboxylic acids is 1. The number of para-hydroxylation sites is 1. The number of nitrogens with zero attached hydrogens (tertiary/aromatic N) is 3. The van der Waals surface area contributed by atoms with E-state index in [1.54, 1.807) is 17.5 Å². The Morgan fingerprint density at radius 2 is 1.93 bits per heavy atom. The molecule has 1 N–H and O–H groups in total. The van der Waals surface area contributed by atoms with E-state index in [-0.39, 0.29) is 5.91 Å². The van der Waals surface area contributed by atoms with E-state index >= 15 is 0 Å². The van der Waals surface area contributed by atoms with E-state index in [9.17, 15) is 4.79 Å². The van der Waals surface area contributed by atoms with E-state index in [1.165, 1.54) is 0 Å². The zero-order chi connectivity index (χ0) is 18.6. The van der Waals surface area contributed by atoms with E-state index in [0.29, 0.717) is 11.3 Å². The number of hydrogen-bond donors (Lipinski definition) is 1. The number of carbonyl (C=O) groups is 1. The van der Waals surface area contributed by atoms with E-state index < -0.39 is 0 Å². The van der Waals surface area contributed by atoms with Gasteiger partial charge in [0.1, 0.15) is 0 Å². The maximum Gasteiger partial charge on any atom is 0.272 e. The van der Waals surface area contributed by atoms with Crippen LogP contribution in [0.1, 0.15) is 23.0 Å². The van der Waals surface area contributed by atoms with E-state index in [4.69, 9.17) is 0 Å². The second-order valence-electron chi connectivity index (χ2n) is 5.90. The molecule has 3 aromatic heterocycles. The molecule has 1 aromatic carbocycles. The number of benzene rings is 1. The number of hydrazone groups is 1. The number of fused-ring (bicyclic) bond motifs is 1. The predicted molar refractivity (Wildman–Crippen MR) is 109 cm³/mol. The first-order valence-corrected chi connectivity index (χ1v) is 9.30. The van der Waals surface area contributed by atoms with Crippen LogP contribution in [0.3, 0.4) is 0 Å². The molecule has 6 heteroatoms. The highest BCUT2D eigenvalue weighted by Gasteiger charge is 2.14. The third kappa shape index (κ3) is 3.61. The molecule has 0 radical (unpaired) electrons. The lowest BCUT2D eigenvalue weighted by atomic mass is 10.1.